The van der Waals surface area contributed by atoms with Crippen LogP contribution in [0.4, 0.5) is 0 Å². The quantitative estimate of drug-likeness (QED) is 0.888. The fourth-order valence-corrected chi connectivity index (χ4v) is 2.25. The van der Waals surface area contributed by atoms with Crippen LogP contribution in [0.1, 0.15) is 48.2 Å². The lowest BCUT2D eigenvalue weighted by atomic mass is 10.0. The monoisotopic (exact) mass is 254 g/mol. The molecule has 2 rings (SSSR count). The lowest BCUT2D eigenvalue weighted by molar-refractivity contribution is 0.494. The van der Waals surface area contributed by atoms with Gasteiger partial charge >= 0.3 is 0 Å². The minimum Gasteiger partial charge on any atom is -0.304 e. The van der Waals surface area contributed by atoms with E-state index in [0.29, 0.717) is 12.1 Å². The molecule has 2 aromatic rings. The van der Waals surface area contributed by atoms with Crippen molar-refractivity contribution in [1.29, 1.82) is 0 Å². The Labute approximate surface area is 115 Å². The second-order valence-corrected chi connectivity index (χ2v) is 5.23. The van der Waals surface area contributed by atoms with E-state index in [-0.39, 0.29) is 0 Å². The lowest BCUT2D eigenvalue weighted by Crippen LogP contribution is -2.22. The van der Waals surface area contributed by atoms with Crippen LogP contribution in [0.15, 0.2) is 42.7 Å². The predicted molar refractivity (Wildman–Crippen MR) is 80.1 cm³/mol. The number of aryl methyl sites for hydroxylation is 2. The van der Waals surface area contributed by atoms with Crippen LogP contribution < -0.4 is 5.32 Å². The van der Waals surface area contributed by atoms with Crippen LogP contribution in [-0.4, -0.2) is 4.98 Å². The minimum absolute atomic E-state index is 0.319. The Balaban J connectivity index is 2.08. The summed E-state index contributed by atoms with van der Waals surface area (Å²) in [6.45, 7) is 8.71. The number of rotatable bonds is 4. The van der Waals surface area contributed by atoms with E-state index < -0.39 is 0 Å². The van der Waals surface area contributed by atoms with Crippen LogP contribution in [0.25, 0.3) is 0 Å². The molecule has 1 N–H and O–H groups in total. The summed E-state index contributed by atoms with van der Waals surface area (Å²) in [7, 11) is 0. The van der Waals surface area contributed by atoms with Gasteiger partial charge in [0.15, 0.2) is 0 Å². The van der Waals surface area contributed by atoms with E-state index in [9.17, 15) is 0 Å². The molecule has 0 aliphatic carbocycles. The van der Waals surface area contributed by atoms with E-state index in [1.165, 1.54) is 22.3 Å². The first-order valence-electron chi connectivity index (χ1n) is 6.81. The van der Waals surface area contributed by atoms with Gasteiger partial charge in [-0.3, -0.25) is 4.98 Å². The van der Waals surface area contributed by atoms with Gasteiger partial charge in [-0.05, 0) is 62.1 Å². The van der Waals surface area contributed by atoms with Gasteiger partial charge in [0.05, 0.1) is 0 Å². The second kappa shape index (κ2) is 5.98. The first kappa shape index (κ1) is 13.8. The third-order valence-electron chi connectivity index (χ3n) is 3.74. The Morgan fingerprint density at radius 3 is 2.11 bits per heavy atom. The van der Waals surface area contributed by atoms with E-state index in [1.54, 1.807) is 0 Å². The third kappa shape index (κ3) is 3.42. The maximum Gasteiger partial charge on any atom is 0.0298 e. The first-order valence-corrected chi connectivity index (χ1v) is 6.81. The fraction of sp³-hybridized carbons (Fsp3) is 0.353. The van der Waals surface area contributed by atoms with Crippen LogP contribution in [-0.2, 0) is 0 Å². The van der Waals surface area contributed by atoms with Crippen molar-refractivity contribution >= 4 is 0 Å². The predicted octanol–water partition coefficient (Wildman–Crippen LogP) is 4.11. The fourth-order valence-electron chi connectivity index (χ4n) is 2.25. The van der Waals surface area contributed by atoms with Crippen molar-refractivity contribution in [2.45, 2.75) is 39.8 Å². The zero-order valence-corrected chi connectivity index (χ0v) is 12.1. The molecule has 0 saturated heterocycles. The summed E-state index contributed by atoms with van der Waals surface area (Å²) in [5.41, 5.74) is 5.30. The van der Waals surface area contributed by atoms with Gasteiger partial charge in [0, 0.05) is 24.5 Å². The molecule has 1 heterocycles. The summed E-state index contributed by atoms with van der Waals surface area (Å²) in [5, 5.41) is 3.63. The molecule has 1 aromatic carbocycles. The van der Waals surface area contributed by atoms with Gasteiger partial charge in [-0.1, -0.05) is 18.2 Å². The van der Waals surface area contributed by atoms with Crippen LogP contribution >= 0.6 is 0 Å². The second-order valence-electron chi connectivity index (χ2n) is 5.23. The topological polar surface area (TPSA) is 24.9 Å². The van der Waals surface area contributed by atoms with Crippen molar-refractivity contribution < 1.29 is 0 Å². The van der Waals surface area contributed by atoms with Gasteiger partial charge in [-0.15, -0.1) is 0 Å². The first-order chi connectivity index (χ1) is 9.08. The van der Waals surface area contributed by atoms with E-state index in [2.05, 4.69) is 68.3 Å². The van der Waals surface area contributed by atoms with Crippen molar-refractivity contribution in [3.8, 4) is 0 Å². The number of hydrogen-bond acceptors (Lipinski definition) is 2. The van der Waals surface area contributed by atoms with Crippen LogP contribution in [0, 0.1) is 13.8 Å². The zero-order valence-electron chi connectivity index (χ0n) is 12.1. The molecule has 1 aromatic heterocycles. The molecule has 0 aliphatic rings. The molecule has 0 spiro atoms. The van der Waals surface area contributed by atoms with E-state index in [1.807, 2.05) is 12.4 Å². The van der Waals surface area contributed by atoms with Crippen molar-refractivity contribution in [1.82, 2.24) is 10.3 Å². The molecule has 1 unspecified atom stereocenters. The Morgan fingerprint density at radius 2 is 1.47 bits per heavy atom. The van der Waals surface area contributed by atoms with E-state index in [0.717, 1.165) is 0 Å². The number of pyridine rings is 1. The zero-order chi connectivity index (χ0) is 13.8. The van der Waals surface area contributed by atoms with Crippen molar-refractivity contribution in [3.63, 3.8) is 0 Å². The number of nitrogens with zero attached hydrogens (tertiary/aromatic N) is 1. The molecule has 2 heteroatoms. The Kier molecular flexibility index (Phi) is 4.33. The summed E-state index contributed by atoms with van der Waals surface area (Å²) < 4.78 is 0. The molecule has 19 heavy (non-hydrogen) atoms. The standard InChI is InChI=1S/C17H22N2/c1-12-5-6-17(11-13(12)2)15(4)19-14(3)16-7-9-18-10-8-16/h5-11,14-15,19H,1-4H3/t14-,15?/m0/s1. The van der Waals surface area contributed by atoms with Crippen molar-refractivity contribution in [3.05, 3.63) is 65.0 Å². The molecular formula is C17H22N2. The van der Waals surface area contributed by atoms with Gasteiger partial charge < -0.3 is 5.32 Å². The number of benzene rings is 1. The Bertz CT molecular complexity index is 534. The number of hydrogen-bond donors (Lipinski definition) is 1. The highest BCUT2D eigenvalue weighted by Gasteiger charge is 2.11. The van der Waals surface area contributed by atoms with Gasteiger partial charge in [-0.2, -0.15) is 0 Å². The number of nitrogens with one attached hydrogen (secondary N) is 1. The summed E-state index contributed by atoms with van der Waals surface area (Å²) in [6.07, 6.45) is 3.68. The lowest BCUT2D eigenvalue weighted by Gasteiger charge is -2.21. The van der Waals surface area contributed by atoms with Crippen molar-refractivity contribution in [2.75, 3.05) is 0 Å². The minimum atomic E-state index is 0.319. The molecule has 0 radical (unpaired) electrons. The highest BCUT2D eigenvalue weighted by atomic mass is 14.9. The van der Waals surface area contributed by atoms with E-state index >= 15 is 0 Å². The summed E-state index contributed by atoms with van der Waals surface area (Å²) in [5.74, 6) is 0. The SMILES string of the molecule is Cc1ccc(C(C)N[C@@H](C)c2ccncc2)cc1C. The van der Waals surface area contributed by atoms with Gasteiger partial charge in [-0.25, -0.2) is 0 Å². The Morgan fingerprint density at radius 1 is 0.842 bits per heavy atom. The number of aromatic nitrogens is 1. The molecule has 0 aliphatic heterocycles. The molecule has 0 saturated carbocycles. The third-order valence-corrected chi connectivity index (χ3v) is 3.74. The van der Waals surface area contributed by atoms with Gasteiger partial charge in [0.2, 0.25) is 0 Å². The van der Waals surface area contributed by atoms with Gasteiger partial charge in [0.25, 0.3) is 0 Å². The molecule has 0 fully saturated rings. The maximum absolute atomic E-state index is 4.06. The van der Waals surface area contributed by atoms with Crippen LogP contribution in [0.2, 0.25) is 0 Å². The summed E-state index contributed by atoms with van der Waals surface area (Å²) in [4.78, 5) is 4.06. The Hall–Kier alpha value is -1.67. The van der Waals surface area contributed by atoms with Crippen molar-refractivity contribution in [2.24, 2.45) is 0 Å². The highest BCUT2D eigenvalue weighted by molar-refractivity contribution is 5.31. The summed E-state index contributed by atoms with van der Waals surface area (Å²) in [6, 6.07) is 11.4. The average molecular weight is 254 g/mol. The van der Waals surface area contributed by atoms with Crippen LogP contribution in [0.3, 0.4) is 0 Å². The molecule has 2 nitrogen and oxygen atoms in total. The molecule has 0 bridgehead atoms. The van der Waals surface area contributed by atoms with Gasteiger partial charge in [0.1, 0.15) is 0 Å². The molecule has 2 atom stereocenters. The largest absolute Gasteiger partial charge is 0.304 e. The average Bonchev–Trinajstić information content (AvgIpc) is 2.42. The highest BCUT2D eigenvalue weighted by Crippen LogP contribution is 2.20. The summed E-state index contributed by atoms with van der Waals surface area (Å²) >= 11 is 0. The smallest absolute Gasteiger partial charge is 0.0298 e. The van der Waals surface area contributed by atoms with E-state index in [4.69, 9.17) is 0 Å². The van der Waals surface area contributed by atoms with Crippen LogP contribution in [0.5, 0.6) is 0 Å². The normalized spacial score (nSPS) is 14.1. The maximum atomic E-state index is 4.06. The molecule has 0 amide bonds. The molecule has 100 valence electrons. The molecular weight excluding hydrogens is 232 g/mol.